The van der Waals surface area contributed by atoms with Gasteiger partial charge < -0.3 is 4.74 Å². The van der Waals surface area contributed by atoms with E-state index < -0.39 is 0 Å². The molecule has 1 aromatic carbocycles. The number of methoxy groups -OCH3 is 1. The third kappa shape index (κ3) is 2.34. The van der Waals surface area contributed by atoms with Gasteiger partial charge >= 0.3 is 5.97 Å². The molecule has 0 atom stereocenters. The van der Waals surface area contributed by atoms with E-state index in [2.05, 4.69) is 0 Å². The molecule has 0 N–H and O–H groups in total. The number of carbonyl (C=O) groups excluding carboxylic acids is 1. The molecule has 1 aromatic rings. The summed E-state index contributed by atoms with van der Waals surface area (Å²) in [4.78, 5) is 12.5. The molecule has 0 radical (unpaired) electrons. The van der Waals surface area contributed by atoms with E-state index in [9.17, 15) is 4.79 Å². The number of hydrogen-bond donors (Lipinski definition) is 0. The average molecular weight is 222 g/mol. The minimum Gasteiger partial charge on any atom is -0.465 e. The molecule has 1 aliphatic carbocycles. The molecule has 2 nitrogen and oxygen atoms in total. The highest BCUT2D eigenvalue weighted by molar-refractivity contribution is 8.00. The summed E-state index contributed by atoms with van der Waals surface area (Å²) in [6, 6.07) is 7.66. The lowest BCUT2D eigenvalue weighted by Crippen LogP contribution is -2.14. The summed E-state index contributed by atoms with van der Waals surface area (Å²) in [6.07, 6.45) is 3.85. The normalized spacial score (nSPS) is 15.8. The molecule has 0 spiro atoms. The highest BCUT2D eigenvalue weighted by Crippen LogP contribution is 2.37. The van der Waals surface area contributed by atoms with Gasteiger partial charge in [-0.25, -0.2) is 4.79 Å². The number of carbonyl (C=O) groups is 1. The van der Waals surface area contributed by atoms with Gasteiger partial charge in [0.25, 0.3) is 0 Å². The molecule has 3 heteroatoms. The molecule has 0 bridgehead atoms. The largest absolute Gasteiger partial charge is 0.465 e. The maximum absolute atomic E-state index is 11.5. The van der Waals surface area contributed by atoms with Crippen molar-refractivity contribution < 1.29 is 9.53 Å². The Bertz CT molecular complexity index is 358. The monoisotopic (exact) mass is 222 g/mol. The number of ether oxygens (including phenoxy) is 1. The first kappa shape index (κ1) is 10.6. The Hall–Kier alpha value is -0.960. The van der Waals surface area contributed by atoms with Crippen LogP contribution in [0.4, 0.5) is 0 Å². The Morgan fingerprint density at radius 2 is 2.13 bits per heavy atom. The third-order valence-corrected chi connectivity index (χ3v) is 4.05. The average Bonchev–Trinajstić information content (AvgIpc) is 2.23. The van der Waals surface area contributed by atoms with E-state index in [1.54, 1.807) is 11.8 Å². The second-order valence-corrected chi connectivity index (χ2v) is 5.00. The van der Waals surface area contributed by atoms with E-state index in [1.807, 2.05) is 24.3 Å². The molecule has 0 saturated heterocycles. The van der Waals surface area contributed by atoms with Crippen molar-refractivity contribution in [2.24, 2.45) is 0 Å². The zero-order valence-corrected chi connectivity index (χ0v) is 9.55. The van der Waals surface area contributed by atoms with Gasteiger partial charge in [-0.1, -0.05) is 18.6 Å². The van der Waals surface area contributed by atoms with Crippen LogP contribution in [0, 0.1) is 0 Å². The zero-order valence-electron chi connectivity index (χ0n) is 8.73. The Morgan fingerprint density at radius 3 is 2.73 bits per heavy atom. The van der Waals surface area contributed by atoms with Crippen molar-refractivity contribution >= 4 is 17.7 Å². The number of thioether (sulfide) groups is 1. The summed E-state index contributed by atoms with van der Waals surface area (Å²) < 4.78 is 4.76. The summed E-state index contributed by atoms with van der Waals surface area (Å²) in [6.45, 7) is 0. The predicted molar refractivity (Wildman–Crippen MR) is 61.3 cm³/mol. The van der Waals surface area contributed by atoms with Crippen LogP contribution in [-0.4, -0.2) is 18.3 Å². The molecule has 0 heterocycles. The minimum atomic E-state index is -0.238. The van der Waals surface area contributed by atoms with Gasteiger partial charge in [0.15, 0.2) is 0 Å². The van der Waals surface area contributed by atoms with Gasteiger partial charge in [0, 0.05) is 10.1 Å². The first-order chi connectivity index (χ1) is 7.31. The van der Waals surface area contributed by atoms with E-state index in [-0.39, 0.29) is 5.97 Å². The van der Waals surface area contributed by atoms with Crippen LogP contribution < -0.4 is 0 Å². The van der Waals surface area contributed by atoms with Gasteiger partial charge in [0.2, 0.25) is 0 Å². The summed E-state index contributed by atoms with van der Waals surface area (Å²) in [5, 5.41) is 0.691. The van der Waals surface area contributed by atoms with Gasteiger partial charge in [-0.2, -0.15) is 0 Å². The molecule has 15 heavy (non-hydrogen) atoms. The van der Waals surface area contributed by atoms with Crippen LogP contribution in [0.25, 0.3) is 0 Å². The molecule has 1 saturated carbocycles. The number of rotatable bonds is 3. The highest BCUT2D eigenvalue weighted by Gasteiger charge is 2.21. The van der Waals surface area contributed by atoms with Gasteiger partial charge in [-0.15, -0.1) is 11.8 Å². The van der Waals surface area contributed by atoms with E-state index in [4.69, 9.17) is 4.74 Å². The molecule has 1 aliphatic rings. The predicted octanol–water partition coefficient (Wildman–Crippen LogP) is 3.12. The quantitative estimate of drug-likeness (QED) is 0.735. The van der Waals surface area contributed by atoms with Crippen molar-refractivity contribution in [1.29, 1.82) is 0 Å². The zero-order chi connectivity index (χ0) is 10.7. The van der Waals surface area contributed by atoms with Crippen molar-refractivity contribution in [3.63, 3.8) is 0 Å². The Kier molecular flexibility index (Phi) is 3.31. The van der Waals surface area contributed by atoms with Crippen molar-refractivity contribution in [2.75, 3.05) is 7.11 Å². The van der Waals surface area contributed by atoms with Gasteiger partial charge in [0.1, 0.15) is 0 Å². The van der Waals surface area contributed by atoms with Crippen LogP contribution >= 0.6 is 11.8 Å². The fourth-order valence-electron chi connectivity index (χ4n) is 1.52. The van der Waals surface area contributed by atoms with Crippen molar-refractivity contribution in [3.05, 3.63) is 29.8 Å². The van der Waals surface area contributed by atoms with Crippen molar-refractivity contribution in [3.8, 4) is 0 Å². The molecule has 80 valence electrons. The first-order valence-corrected chi connectivity index (χ1v) is 6.03. The Labute approximate surface area is 94.0 Å². The fourth-order valence-corrected chi connectivity index (χ4v) is 2.88. The van der Waals surface area contributed by atoms with Crippen LogP contribution in [0.15, 0.2) is 29.2 Å². The standard InChI is InChI=1S/C12H14O2S/c1-14-12(13)10-7-2-3-8-11(10)15-9-5-4-6-9/h2-3,7-9H,4-6H2,1H3. The van der Waals surface area contributed by atoms with E-state index in [0.717, 1.165) is 4.90 Å². The lowest BCUT2D eigenvalue weighted by atomic mass is 10.00. The molecule has 0 aliphatic heterocycles. The molecule has 0 amide bonds. The van der Waals surface area contributed by atoms with Crippen LogP contribution in [0.3, 0.4) is 0 Å². The molecule has 0 aromatic heterocycles. The minimum absolute atomic E-state index is 0.238. The second-order valence-electron chi connectivity index (χ2n) is 3.66. The SMILES string of the molecule is COC(=O)c1ccccc1SC1CCC1. The van der Waals surface area contributed by atoms with Gasteiger partial charge in [-0.05, 0) is 25.0 Å². The maximum Gasteiger partial charge on any atom is 0.338 e. The van der Waals surface area contributed by atoms with Crippen LogP contribution in [-0.2, 0) is 4.74 Å². The second kappa shape index (κ2) is 4.71. The molecule has 0 unspecified atom stereocenters. The number of esters is 1. The molecule has 1 fully saturated rings. The van der Waals surface area contributed by atoms with Crippen LogP contribution in [0.1, 0.15) is 29.6 Å². The van der Waals surface area contributed by atoms with E-state index in [1.165, 1.54) is 26.4 Å². The molecular formula is C12H14O2S. The lowest BCUT2D eigenvalue weighted by molar-refractivity contribution is 0.0597. The summed E-state index contributed by atoms with van der Waals surface area (Å²) in [5.74, 6) is -0.238. The topological polar surface area (TPSA) is 26.3 Å². The third-order valence-electron chi connectivity index (χ3n) is 2.64. The fraction of sp³-hybridized carbons (Fsp3) is 0.417. The summed E-state index contributed by atoms with van der Waals surface area (Å²) >= 11 is 1.80. The number of benzene rings is 1. The highest BCUT2D eigenvalue weighted by atomic mass is 32.2. The van der Waals surface area contributed by atoms with Crippen molar-refractivity contribution in [2.45, 2.75) is 29.4 Å². The van der Waals surface area contributed by atoms with Crippen molar-refractivity contribution in [1.82, 2.24) is 0 Å². The summed E-state index contributed by atoms with van der Waals surface area (Å²) in [7, 11) is 1.42. The smallest absolute Gasteiger partial charge is 0.338 e. The molecule has 2 rings (SSSR count). The Balaban J connectivity index is 2.16. The van der Waals surface area contributed by atoms with E-state index >= 15 is 0 Å². The summed E-state index contributed by atoms with van der Waals surface area (Å²) in [5.41, 5.74) is 0.692. The molecular weight excluding hydrogens is 208 g/mol. The Morgan fingerprint density at radius 1 is 1.40 bits per heavy atom. The van der Waals surface area contributed by atoms with E-state index in [0.29, 0.717) is 10.8 Å². The van der Waals surface area contributed by atoms with Gasteiger partial charge in [-0.3, -0.25) is 0 Å². The first-order valence-electron chi connectivity index (χ1n) is 5.15. The maximum atomic E-state index is 11.5. The van der Waals surface area contributed by atoms with Crippen LogP contribution in [0.5, 0.6) is 0 Å². The van der Waals surface area contributed by atoms with Gasteiger partial charge in [0.05, 0.1) is 12.7 Å². The van der Waals surface area contributed by atoms with Crippen LogP contribution in [0.2, 0.25) is 0 Å². The lowest BCUT2D eigenvalue weighted by Gasteiger charge is -2.25. The number of hydrogen-bond acceptors (Lipinski definition) is 3.